The molecular formula is C16H14ClF3N2O. The molecule has 1 aromatic carbocycles. The first-order chi connectivity index (χ1) is 10.9. The Morgan fingerprint density at radius 3 is 2.61 bits per heavy atom. The fourth-order valence-corrected chi connectivity index (χ4v) is 2.75. The quantitative estimate of drug-likeness (QED) is 0.893. The monoisotopic (exact) mass is 342 g/mol. The van der Waals surface area contributed by atoms with Crippen LogP contribution >= 0.6 is 11.6 Å². The van der Waals surface area contributed by atoms with E-state index < -0.39 is 23.9 Å². The van der Waals surface area contributed by atoms with Crippen LogP contribution in [0.1, 0.15) is 16.8 Å². The molecule has 2 aromatic rings. The van der Waals surface area contributed by atoms with Crippen LogP contribution in [0.15, 0.2) is 42.7 Å². The van der Waals surface area contributed by atoms with Crippen molar-refractivity contribution in [2.45, 2.75) is 12.6 Å². The average molecular weight is 343 g/mol. The molecule has 1 amide bonds. The first-order valence-electron chi connectivity index (χ1n) is 7.14. The summed E-state index contributed by atoms with van der Waals surface area (Å²) in [6.45, 7) is 0.00703. The Morgan fingerprint density at radius 1 is 1.30 bits per heavy atom. The van der Waals surface area contributed by atoms with Crippen molar-refractivity contribution in [2.24, 2.45) is 11.8 Å². The fraction of sp³-hybridized carbons (Fsp3) is 0.312. The van der Waals surface area contributed by atoms with Gasteiger partial charge in [-0.3, -0.25) is 4.79 Å². The number of alkyl halides is 3. The van der Waals surface area contributed by atoms with Crippen molar-refractivity contribution in [1.82, 2.24) is 9.88 Å². The van der Waals surface area contributed by atoms with Gasteiger partial charge in [-0.05, 0) is 42.7 Å². The number of halogens is 4. The molecule has 122 valence electrons. The number of aromatic nitrogens is 1. The van der Waals surface area contributed by atoms with Crippen LogP contribution in [0.4, 0.5) is 13.2 Å². The molecule has 1 fully saturated rings. The number of rotatable bonds is 4. The van der Waals surface area contributed by atoms with Gasteiger partial charge in [0.25, 0.3) is 5.91 Å². The van der Waals surface area contributed by atoms with Gasteiger partial charge in [0, 0.05) is 24.6 Å². The molecule has 0 spiro atoms. The van der Waals surface area contributed by atoms with E-state index in [1.807, 2.05) is 29.1 Å². The van der Waals surface area contributed by atoms with Crippen LogP contribution < -0.4 is 5.32 Å². The van der Waals surface area contributed by atoms with E-state index in [-0.39, 0.29) is 23.6 Å². The molecule has 7 heteroatoms. The Balaban J connectivity index is 1.67. The number of nitrogens with zero attached hydrogens (tertiary/aromatic N) is 1. The van der Waals surface area contributed by atoms with Crippen molar-refractivity contribution in [1.29, 1.82) is 0 Å². The molecule has 2 atom stereocenters. The lowest BCUT2D eigenvalue weighted by Gasteiger charge is -2.10. The summed E-state index contributed by atoms with van der Waals surface area (Å²) in [5.74, 6) is -2.30. The largest absolute Gasteiger partial charge is 0.392 e. The van der Waals surface area contributed by atoms with E-state index in [1.54, 1.807) is 18.2 Å². The lowest BCUT2D eigenvalue weighted by molar-refractivity contribution is -0.150. The topological polar surface area (TPSA) is 34.0 Å². The van der Waals surface area contributed by atoms with E-state index in [2.05, 4.69) is 5.32 Å². The molecular weight excluding hydrogens is 329 g/mol. The van der Waals surface area contributed by atoms with Gasteiger partial charge in [-0.1, -0.05) is 11.6 Å². The highest BCUT2D eigenvalue weighted by atomic mass is 35.5. The molecule has 1 aliphatic rings. The van der Waals surface area contributed by atoms with Gasteiger partial charge in [-0.25, -0.2) is 0 Å². The summed E-state index contributed by atoms with van der Waals surface area (Å²) < 4.78 is 39.2. The summed E-state index contributed by atoms with van der Waals surface area (Å²) in [4.78, 5) is 12.2. The number of hydrogen-bond acceptors (Lipinski definition) is 1. The van der Waals surface area contributed by atoms with E-state index >= 15 is 0 Å². The number of hydrogen-bond donors (Lipinski definition) is 1. The van der Waals surface area contributed by atoms with E-state index in [9.17, 15) is 18.0 Å². The zero-order chi connectivity index (χ0) is 16.6. The summed E-state index contributed by atoms with van der Waals surface area (Å²) in [6.07, 6.45) is -0.464. The summed E-state index contributed by atoms with van der Waals surface area (Å²) in [5.41, 5.74) is 1.01. The predicted molar refractivity (Wildman–Crippen MR) is 80.8 cm³/mol. The third kappa shape index (κ3) is 3.52. The molecule has 23 heavy (non-hydrogen) atoms. The molecule has 3 rings (SSSR count). The van der Waals surface area contributed by atoms with E-state index in [4.69, 9.17) is 11.6 Å². The number of nitrogens with one attached hydrogen (secondary N) is 1. The number of carbonyl (C=O) groups is 1. The summed E-state index contributed by atoms with van der Waals surface area (Å²) in [5, 5.41) is 2.81. The minimum Gasteiger partial charge on any atom is -0.352 e. The molecule has 1 heterocycles. The predicted octanol–water partition coefficient (Wildman–Crippen LogP) is 4.06. The first kappa shape index (κ1) is 15.9. The Hall–Kier alpha value is -1.95. The van der Waals surface area contributed by atoms with Crippen molar-refractivity contribution in [3.05, 3.63) is 53.3 Å². The maximum atomic E-state index is 12.5. The van der Waals surface area contributed by atoms with E-state index in [0.717, 1.165) is 5.69 Å². The van der Waals surface area contributed by atoms with Crippen LogP contribution in [0.2, 0.25) is 5.02 Å². The number of benzene rings is 1. The summed E-state index contributed by atoms with van der Waals surface area (Å²) >= 11 is 6.03. The fourth-order valence-electron chi connectivity index (χ4n) is 2.55. The van der Waals surface area contributed by atoms with Gasteiger partial charge in [0.2, 0.25) is 0 Å². The van der Waals surface area contributed by atoms with Crippen molar-refractivity contribution in [2.75, 3.05) is 6.54 Å². The lowest BCUT2D eigenvalue weighted by atomic mass is 10.1. The number of amides is 1. The van der Waals surface area contributed by atoms with E-state index in [1.165, 1.54) is 0 Å². The molecule has 1 N–H and O–H groups in total. The SMILES string of the molecule is O=C(NC[C@@H]1C[C@H]1C(F)(F)F)c1cc(-n2cccc2)ccc1Cl. The van der Waals surface area contributed by atoms with Gasteiger partial charge in [0.15, 0.2) is 0 Å². The second-order valence-corrected chi connectivity index (χ2v) is 6.02. The van der Waals surface area contributed by atoms with Crippen LogP contribution in [0, 0.1) is 11.8 Å². The molecule has 0 aliphatic heterocycles. The molecule has 0 saturated heterocycles. The Morgan fingerprint density at radius 2 is 2.00 bits per heavy atom. The highest BCUT2D eigenvalue weighted by Crippen LogP contribution is 2.49. The van der Waals surface area contributed by atoms with Crippen molar-refractivity contribution in [3.8, 4) is 5.69 Å². The maximum absolute atomic E-state index is 12.5. The normalized spacial score (nSPS) is 20.3. The van der Waals surface area contributed by atoms with Gasteiger partial charge in [-0.15, -0.1) is 0 Å². The van der Waals surface area contributed by atoms with Crippen LogP contribution in [0.5, 0.6) is 0 Å². The van der Waals surface area contributed by atoms with E-state index in [0.29, 0.717) is 0 Å². The Labute approximate surface area is 136 Å². The third-order valence-corrected chi connectivity index (χ3v) is 4.29. The zero-order valence-corrected chi connectivity index (χ0v) is 12.7. The van der Waals surface area contributed by atoms with Gasteiger partial charge in [-0.2, -0.15) is 13.2 Å². The summed E-state index contributed by atoms with van der Waals surface area (Å²) in [6, 6.07) is 8.67. The highest BCUT2D eigenvalue weighted by molar-refractivity contribution is 6.33. The smallest absolute Gasteiger partial charge is 0.352 e. The van der Waals surface area contributed by atoms with Crippen LogP contribution in [0.25, 0.3) is 5.69 Å². The minimum atomic E-state index is -4.18. The lowest BCUT2D eigenvalue weighted by Crippen LogP contribution is -2.27. The molecule has 1 aromatic heterocycles. The third-order valence-electron chi connectivity index (χ3n) is 3.96. The van der Waals surface area contributed by atoms with Gasteiger partial charge >= 0.3 is 6.18 Å². The summed E-state index contributed by atoms with van der Waals surface area (Å²) in [7, 11) is 0. The van der Waals surface area contributed by atoms with Crippen molar-refractivity contribution in [3.63, 3.8) is 0 Å². The molecule has 0 radical (unpaired) electrons. The Bertz CT molecular complexity index is 713. The van der Waals surface area contributed by atoms with Gasteiger partial charge in [0.05, 0.1) is 16.5 Å². The zero-order valence-electron chi connectivity index (χ0n) is 12.0. The Kier molecular flexibility index (Phi) is 4.10. The van der Waals surface area contributed by atoms with Crippen LogP contribution in [-0.4, -0.2) is 23.2 Å². The standard InChI is InChI=1S/C16H14ClF3N2O/c17-14-4-3-11(22-5-1-2-6-22)8-12(14)15(23)21-9-10-7-13(10)16(18,19)20/h1-6,8,10,13H,7,9H2,(H,21,23)/t10-,13+/m0/s1. The number of carbonyl (C=O) groups excluding carboxylic acids is 1. The average Bonchev–Trinajstić information content (AvgIpc) is 3.10. The second-order valence-electron chi connectivity index (χ2n) is 5.61. The molecule has 0 unspecified atom stereocenters. The molecule has 1 aliphatic carbocycles. The van der Waals surface area contributed by atoms with Crippen LogP contribution in [0.3, 0.4) is 0 Å². The van der Waals surface area contributed by atoms with Crippen molar-refractivity contribution < 1.29 is 18.0 Å². The first-order valence-corrected chi connectivity index (χ1v) is 7.52. The van der Waals surface area contributed by atoms with Crippen molar-refractivity contribution >= 4 is 17.5 Å². The molecule has 3 nitrogen and oxygen atoms in total. The van der Waals surface area contributed by atoms with Gasteiger partial charge < -0.3 is 9.88 Å². The maximum Gasteiger partial charge on any atom is 0.392 e. The van der Waals surface area contributed by atoms with Gasteiger partial charge in [0.1, 0.15) is 0 Å². The molecule has 0 bridgehead atoms. The highest BCUT2D eigenvalue weighted by Gasteiger charge is 2.55. The second kappa shape index (κ2) is 5.92. The minimum absolute atomic E-state index is 0.00703. The molecule has 1 saturated carbocycles. The van der Waals surface area contributed by atoms with Crippen LogP contribution in [-0.2, 0) is 0 Å².